The van der Waals surface area contributed by atoms with E-state index >= 15 is 0 Å². The molecule has 7 heteroatoms. The molecule has 1 aliphatic carbocycles. The summed E-state index contributed by atoms with van der Waals surface area (Å²) in [7, 11) is 1.55. The monoisotopic (exact) mass is 434 g/mol. The molecule has 0 unspecified atom stereocenters. The maximum Gasteiger partial charge on any atom is 0.262 e. The van der Waals surface area contributed by atoms with Crippen molar-refractivity contribution >= 4 is 12.0 Å². The topological polar surface area (TPSA) is 89.8 Å². The molecule has 4 rings (SSSR count). The van der Waals surface area contributed by atoms with Crippen molar-refractivity contribution in [2.24, 2.45) is 0 Å². The van der Waals surface area contributed by atoms with Crippen LogP contribution >= 0.6 is 0 Å². The number of benzene rings is 2. The van der Waals surface area contributed by atoms with Gasteiger partial charge in [-0.05, 0) is 54.3 Å². The largest absolute Gasteiger partial charge is 0.493 e. The summed E-state index contributed by atoms with van der Waals surface area (Å²) < 4.78 is 22.1. The molecule has 32 heavy (non-hydrogen) atoms. The normalized spacial score (nSPS) is 15.7. The lowest BCUT2D eigenvalue weighted by Gasteiger charge is -2.22. The van der Waals surface area contributed by atoms with Crippen LogP contribution in [-0.2, 0) is 11.4 Å². The van der Waals surface area contributed by atoms with Gasteiger partial charge in [0, 0.05) is 6.04 Å². The number of methoxy groups -OCH3 is 1. The summed E-state index contributed by atoms with van der Waals surface area (Å²) in [5, 5.41) is 12.5. The molecule has 0 bridgehead atoms. The Hall–Kier alpha value is -3.66. The molecule has 2 aliphatic rings. The van der Waals surface area contributed by atoms with E-state index in [0.29, 0.717) is 29.4 Å². The van der Waals surface area contributed by atoms with Gasteiger partial charge in [0.15, 0.2) is 23.0 Å². The van der Waals surface area contributed by atoms with Crippen LogP contribution in [0, 0.1) is 11.3 Å². The average molecular weight is 434 g/mol. The zero-order valence-electron chi connectivity index (χ0n) is 18.1. The summed E-state index contributed by atoms with van der Waals surface area (Å²) in [6, 6.07) is 13.1. The minimum Gasteiger partial charge on any atom is -0.493 e. The second kappa shape index (κ2) is 10.1. The van der Waals surface area contributed by atoms with Crippen molar-refractivity contribution in [1.29, 1.82) is 5.26 Å². The van der Waals surface area contributed by atoms with Crippen LogP contribution in [0.3, 0.4) is 0 Å². The number of ether oxygens (including phenoxy) is 4. The molecule has 7 nitrogen and oxygen atoms in total. The van der Waals surface area contributed by atoms with E-state index in [1.165, 1.54) is 6.42 Å². The van der Waals surface area contributed by atoms with E-state index in [2.05, 4.69) is 5.32 Å². The molecule has 0 radical (unpaired) electrons. The molecule has 0 aromatic heterocycles. The highest BCUT2D eigenvalue weighted by Gasteiger charge is 2.18. The number of nitrogens with one attached hydrogen (secondary N) is 1. The quantitative estimate of drug-likeness (QED) is 0.514. The summed E-state index contributed by atoms with van der Waals surface area (Å²) >= 11 is 0. The van der Waals surface area contributed by atoms with Gasteiger partial charge in [-0.3, -0.25) is 4.79 Å². The predicted octanol–water partition coefficient (Wildman–Crippen LogP) is 4.36. The zero-order valence-corrected chi connectivity index (χ0v) is 18.1. The van der Waals surface area contributed by atoms with E-state index in [0.717, 1.165) is 37.0 Å². The molecule has 1 N–H and O–H groups in total. The Bertz CT molecular complexity index is 1050. The first-order chi connectivity index (χ1) is 15.7. The molecule has 166 valence electrons. The first kappa shape index (κ1) is 21.6. The molecule has 1 aliphatic heterocycles. The number of rotatable bonds is 7. The molecule has 1 amide bonds. The van der Waals surface area contributed by atoms with Crippen molar-refractivity contribution in [3.63, 3.8) is 0 Å². The van der Waals surface area contributed by atoms with Gasteiger partial charge in [-0.1, -0.05) is 31.4 Å². The molecule has 0 saturated heterocycles. The van der Waals surface area contributed by atoms with Gasteiger partial charge in [-0.25, -0.2) is 0 Å². The van der Waals surface area contributed by atoms with Crippen molar-refractivity contribution in [3.05, 3.63) is 53.1 Å². The highest BCUT2D eigenvalue weighted by atomic mass is 16.7. The first-order valence-electron chi connectivity index (χ1n) is 10.8. The smallest absolute Gasteiger partial charge is 0.262 e. The summed E-state index contributed by atoms with van der Waals surface area (Å²) in [5.74, 6) is 2.18. The van der Waals surface area contributed by atoms with Crippen molar-refractivity contribution in [3.8, 4) is 29.1 Å². The minimum absolute atomic E-state index is 0.0756. The van der Waals surface area contributed by atoms with Gasteiger partial charge in [0.2, 0.25) is 6.79 Å². The van der Waals surface area contributed by atoms with E-state index in [4.69, 9.17) is 18.9 Å². The van der Waals surface area contributed by atoms with Crippen molar-refractivity contribution < 1.29 is 23.7 Å². The fraction of sp³-hybridized carbons (Fsp3) is 0.360. The molecule has 1 saturated carbocycles. The van der Waals surface area contributed by atoms with E-state index < -0.39 is 0 Å². The summed E-state index contributed by atoms with van der Waals surface area (Å²) in [5.41, 5.74) is 1.70. The third-order valence-corrected chi connectivity index (χ3v) is 5.64. The third kappa shape index (κ3) is 5.14. The molecule has 1 fully saturated rings. The van der Waals surface area contributed by atoms with Crippen molar-refractivity contribution in [1.82, 2.24) is 5.32 Å². The van der Waals surface area contributed by atoms with E-state index in [9.17, 15) is 10.1 Å². The number of amides is 1. The van der Waals surface area contributed by atoms with Gasteiger partial charge in [0.05, 0.1) is 7.11 Å². The van der Waals surface area contributed by atoms with Gasteiger partial charge in [-0.15, -0.1) is 0 Å². The van der Waals surface area contributed by atoms with Gasteiger partial charge >= 0.3 is 0 Å². The number of hydrogen-bond acceptors (Lipinski definition) is 6. The molecule has 0 atom stereocenters. The fourth-order valence-corrected chi connectivity index (χ4v) is 3.91. The Kier molecular flexibility index (Phi) is 6.81. The lowest BCUT2D eigenvalue weighted by Crippen LogP contribution is -2.36. The van der Waals surface area contributed by atoms with Crippen molar-refractivity contribution in [2.75, 3.05) is 13.9 Å². The Morgan fingerprint density at radius 2 is 1.94 bits per heavy atom. The number of fused-ring (bicyclic) bond motifs is 1. The lowest BCUT2D eigenvalue weighted by molar-refractivity contribution is -0.117. The molecular weight excluding hydrogens is 408 g/mol. The summed E-state index contributed by atoms with van der Waals surface area (Å²) in [6.07, 6.45) is 6.93. The summed E-state index contributed by atoms with van der Waals surface area (Å²) in [6.45, 7) is 0.557. The number of carbonyl (C=O) groups excluding carboxylic acids is 1. The zero-order chi connectivity index (χ0) is 22.3. The SMILES string of the molecule is COc1cc(C=C(C#N)C(=O)NC2CCCCC2)ccc1OCc1ccc2c(c1)OCO2. The average Bonchev–Trinajstić information content (AvgIpc) is 3.30. The van der Waals surface area contributed by atoms with E-state index in [1.807, 2.05) is 24.3 Å². The maximum atomic E-state index is 12.5. The van der Waals surface area contributed by atoms with E-state index in [1.54, 1.807) is 31.4 Å². The third-order valence-electron chi connectivity index (χ3n) is 5.64. The molecule has 2 aromatic rings. The second-order valence-electron chi connectivity index (χ2n) is 7.86. The maximum absolute atomic E-state index is 12.5. The van der Waals surface area contributed by atoms with Gasteiger partial charge in [0.25, 0.3) is 5.91 Å². The number of nitrogens with zero attached hydrogens (tertiary/aromatic N) is 1. The first-order valence-corrected chi connectivity index (χ1v) is 10.8. The Morgan fingerprint density at radius 3 is 2.72 bits per heavy atom. The molecule has 1 heterocycles. The van der Waals surface area contributed by atoms with Crippen LogP contribution in [0.4, 0.5) is 0 Å². The fourth-order valence-electron chi connectivity index (χ4n) is 3.91. The van der Waals surface area contributed by atoms with Crippen LogP contribution < -0.4 is 24.3 Å². The molecule has 2 aromatic carbocycles. The Morgan fingerprint density at radius 1 is 1.12 bits per heavy atom. The lowest BCUT2D eigenvalue weighted by atomic mass is 9.95. The number of nitriles is 1. The standard InChI is InChI=1S/C25H26N2O5/c1-29-23-12-17(11-19(14-26)25(28)27-20-5-3-2-4-6-20)7-9-21(23)30-15-18-8-10-22-24(13-18)32-16-31-22/h7-13,20H,2-6,15-16H2,1H3,(H,27,28). The van der Waals surface area contributed by atoms with Crippen LogP contribution in [0.1, 0.15) is 43.2 Å². The number of carbonyl (C=O) groups is 1. The Balaban J connectivity index is 1.43. The molecular formula is C25H26N2O5. The van der Waals surface area contributed by atoms with Gasteiger partial charge in [-0.2, -0.15) is 5.26 Å². The van der Waals surface area contributed by atoms with E-state index in [-0.39, 0.29) is 24.3 Å². The van der Waals surface area contributed by atoms with Crippen LogP contribution in [-0.4, -0.2) is 25.9 Å². The second-order valence-corrected chi connectivity index (χ2v) is 7.86. The molecule has 0 spiro atoms. The van der Waals surface area contributed by atoms with Crippen molar-refractivity contribution in [2.45, 2.75) is 44.8 Å². The van der Waals surface area contributed by atoms with Crippen LogP contribution in [0.15, 0.2) is 42.0 Å². The van der Waals surface area contributed by atoms with Crippen LogP contribution in [0.25, 0.3) is 6.08 Å². The number of hydrogen-bond donors (Lipinski definition) is 1. The highest BCUT2D eigenvalue weighted by molar-refractivity contribution is 6.01. The van der Waals surface area contributed by atoms with Crippen LogP contribution in [0.2, 0.25) is 0 Å². The minimum atomic E-state index is -0.332. The summed E-state index contributed by atoms with van der Waals surface area (Å²) in [4.78, 5) is 12.5. The van der Waals surface area contributed by atoms with Crippen LogP contribution in [0.5, 0.6) is 23.0 Å². The highest BCUT2D eigenvalue weighted by Crippen LogP contribution is 2.34. The van der Waals surface area contributed by atoms with Gasteiger partial charge < -0.3 is 24.3 Å². The van der Waals surface area contributed by atoms with Gasteiger partial charge in [0.1, 0.15) is 18.2 Å². The predicted molar refractivity (Wildman–Crippen MR) is 118 cm³/mol. The Labute approximate surface area is 187 Å².